The minimum Gasteiger partial charge on any atom is -0.382 e. The molecule has 9 nitrogen and oxygen atoms in total. The van der Waals surface area contributed by atoms with Crippen molar-refractivity contribution in [1.82, 2.24) is 25.2 Å². The van der Waals surface area contributed by atoms with Crippen molar-refractivity contribution in [3.05, 3.63) is 94.3 Å². The number of carbonyl (C=O) groups is 2. The molecule has 0 aliphatic carbocycles. The Morgan fingerprint density at radius 2 is 1.83 bits per heavy atom. The van der Waals surface area contributed by atoms with Crippen molar-refractivity contribution in [2.75, 3.05) is 12.3 Å². The van der Waals surface area contributed by atoms with Gasteiger partial charge in [-0.1, -0.05) is 42.2 Å². The first-order valence-corrected chi connectivity index (χ1v) is 11.2. The Labute approximate surface area is 207 Å². The molecule has 1 atom stereocenters. The maximum absolute atomic E-state index is 13.9. The predicted octanol–water partition coefficient (Wildman–Crippen LogP) is 2.34. The Morgan fingerprint density at radius 1 is 1.08 bits per heavy atom. The van der Waals surface area contributed by atoms with Crippen molar-refractivity contribution in [3.8, 4) is 17.5 Å². The first-order chi connectivity index (χ1) is 17.4. The number of anilines is 1. The van der Waals surface area contributed by atoms with Gasteiger partial charge < -0.3 is 16.4 Å². The molecule has 2 aromatic carbocycles. The van der Waals surface area contributed by atoms with Gasteiger partial charge in [0.05, 0.1) is 18.0 Å². The second-order valence-electron chi connectivity index (χ2n) is 8.01. The molecule has 2 aromatic heterocycles. The van der Waals surface area contributed by atoms with Gasteiger partial charge in [0.2, 0.25) is 5.91 Å². The van der Waals surface area contributed by atoms with Crippen LogP contribution in [0.4, 0.5) is 5.82 Å². The molecule has 0 aliphatic rings. The largest absolute Gasteiger partial charge is 0.382 e. The molecule has 2 amide bonds. The first kappa shape index (κ1) is 24.2. The lowest BCUT2D eigenvalue weighted by Gasteiger charge is -2.21. The lowest BCUT2D eigenvalue weighted by Crippen LogP contribution is -2.33. The number of carbonyl (C=O) groups excluding carboxylic acids is 2. The molecule has 0 fully saturated rings. The Morgan fingerprint density at radius 3 is 2.56 bits per heavy atom. The van der Waals surface area contributed by atoms with E-state index in [0.717, 1.165) is 0 Å². The molecule has 9 heteroatoms. The van der Waals surface area contributed by atoms with Gasteiger partial charge in [-0.3, -0.25) is 19.0 Å². The fraction of sp³-hybridized carbons (Fsp3) is 0.148. The minimum absolute atomic E-state index is 0.00970. The number of nitrogen functional groups attached to an aromatic ring is 1. The number of nitrogens with two attached hydrogens (primary N) is 1. The smallest absolute Gasteiger partial charge is 0.274 e. The molecular weight excluding hydrogens is 456 g/mol. The molecule has 0 aliphatic heterocycles. The van der Waals surface area contributed by atoms with Crippen molar-refractivity contribution in [2.24, 2.45) is 0 Å². The highest BCUT2D eigenvalue weighted by Crippen LogP contribution is 2.23. The van der Waals surface area contributed by atoms with Crippen LogP contribution in [-0.4, -0.2) is 32.9 Å². The molecule has 0 saturated carbocycles. The van der Waals surface area contributed by atoms with Crippen molar-refractivity contribution < 1.29 is 9.59 Å². The van der Waals surface area contributed by atoms with Gasteiger partial charge >= 0.3 is 0 Å². The number of amides is 2. The van der Waals surface area contributed by atoms with Crippen LogP contribution in [0.5, 0.6) is 0 Å². The number of benzene rings is 2. The summed E-state index contributed by atoms with van der Waals surface area (Å²) in [6.45, 7) is 3.37. The van der Waals surface area contributed by atoms with E-state index in [4.69, 9.17) is 5.73 Å². The zero-order valence-electron chi connectivity index (χ0n) is 19.8. The van der Waals surface area contributed by atoms with E-state index in [-0.39, 0.29) is 29.5 Å². The molecule has 0 saturated heterocycles. The summed E-state index contributed by atoms with van der Waals surface area (Å²) in [7, 11) is 0. The van der Waals surface area contributed by atoms with Crippen molar-refractivity contribution in [1.29, 1.82) is 0 Å². The number of hydrogen-bond donors (Lipinski definition) is 3. The average Bonchev–Trinajstić information content (AvgIpc) is 2.87. The molecule has 36 heavy (non-hydrogen) atoms. The Kier molecular flexibility index (Phi) is 7.07. The summed E-state index contributed by atoms with van der Waals surface area (Å²) in [6, 6.07) is 15.8. The number of rotatable bonds is 5. The number of para-hydroxylation sites is 1. The van der Waals surface area contributed by atoms with E-state index in [9.17, 15) is 14.4 Å². The van der Waals surface area contributed by atoms with E-state index in [0.29, 0.717) is 27.7 Å². The topological polar surface area (TPSA) is 132 Å². The maximum atomic E-state index is 13.9. The van der Waals surface area contributed by atoms with E-state index >= 15 is 0 Å². The molecule has 1 unspecified atom stereocenters. The van der Waals surface area contributed by atoms with E-state index in [1.54, 1.807) is 17.6 Å². The summed E-state index contributed by atoms with van der Waals surface area (Å²) in [6.07, 6.45) is 2.79. The number of aromatic nitrogens is 3. The molecule has 2 heterocycles. The van der Waals surface area contributed by atoms with Crippen molar-refractivity contribution >= 4 is 28.4 Å². The fourth-order valence-corrected chi connectivity index (χ4v) is 3.82. The second kappa shape index (κ2) is 10.5. The molecule has 4 N–H and O–H groups in total. The zero-order valence-corrected chi connectivity index (χ0v) is 19.8. The zero-order chi connectivity index (χ0) is 25.7. The summed E-state index contributed by atoms with van der Waals surface area (Å²) < 4.78 is 1.56. The summed E-state index contributed by atoms with van der Waals surface area (Å²) in [4.78, 5) is 45.8. The molecule has 4 rings (SSSR count). The van der Waals surface area contributed by atoms with Gasteiger partial charge in [-0.2, -0.15) is 0 Å². The third kappa shape index (κ3) is 5.08. The molecule has 0 spiro atoms. The highest BCUT2D eigenvalue weighted by atomic mass is 16.2. The summed E-state index contributed by atoms with van der Waals surface area (Å²) >= 11 is 0. The predicted molar refractivity (Wildman–Crippen MR) is 137 cm³/mol. The van der Waals surface area contributed by atoms with Gasteiger partial charge in [0.15, 0.2) is 11.5 Å². The number of nitrogens with one attached hydrogen (secondary N) is 2. The van der Waals surface area contributed by atoms with Crippen LogP contribution in [0, 0.1) is 11.8 Å². The Balaban J connectivity index is 1.84. The van der Waals surface area contributed by atoms with E-state index in [2.05, 4.69) is 32.4 Å². The summed E-state index contributed by atoms with van der Waals surface area (Å²) in [5.41, 5.74) is 7.29. The van der Waals surface area contributed by atoms with Crippen LogP contribution in [0.25, 0.3) is 16.5 Å². The normalized spacial score (nSPS) is 11.3. The van der Waals surface area contributed by atoms with E-state index < -0.39 is 11.9 Å². The lowest BCUT2D eigenvalue weighted by molar-refractivity contribution is -0.118. The monoisotopic (exact) mass is 480 g/mol. The lowest BCUT2D eigenvalue weighted by atomic mass is 10.0. The number of pyridine rings is 1. The fourth-order valence-electron chi connectivity index (χ4n) is 3.82. The van der Waals surface area contributed by atoms with Crippen LogP contribution in [0.3, 0.4) is 0 Å². The quantitative estimate of drug-likeness (QED) is 0.376. The second-order valence-corrected chi connectivity index (χ2v) is 8.01. The number of nitrogens with zero attached hydrogens (tertiary/aromatic N) is 3. The van der Waals surface area contributed by atoms with Gasteiger partial charge in [-0.05, 0) is 36.6 Å². The van der Waals surface area contributed by atoms with Gasteiger partial charge in [0.25, 0.3) is 11.5 Å². The third-order valence-corrected chi connectivity index (χ3v) is 5.47. The number of fused-ring (bicyclic) bond motifs is 1. The molecule has 0 radical (unpaired) electrons. The van der Waals surface area contributed by atoms with Gasteiger partial charge in [0, 0.05) is 36.3 Å². The molecule has 0 bridgehead atoms. The Hall–Kier alpha value is -4.97. The average molecular weight is 481 g/mol. The van der Waals surface area contributed by atoms with Gasteiger partial charge in [0.1, 0.15) is 0 Å². The van der Waals surface area contributed by atoms with Crippen LogP contribution < -0.4 is 21.9 Å². The van der Waals surface area contributed by atoms with E-state index in [1.807, 2.05) is 48.5 Å². The van der Waals surface area contributed by atoms with Gasteiger partial charge in [-0.25, -0.2) is 9.97 Å². The van der Waals surface area contributed by atoms with Crippen molar-refractivity contribution in [2.45, 2.75) is 19.9 Å². The first-order valence-electron chi connectivity index (χ1n) is 11.2. The van der Waals surface area contributed by atoms with Crippen LogP contribution >= 0.6 is 0 Å². The SMILES string of the molecule is CC(=O)NCC#Cc1cccc2cc(C(C)NC(=O)c3nccnc3N)n(-c3ccccc3)c(=O)c12. The van der Waals surface area contributed by atoms with Crippen LogP contribution in [0.15, 0.2) is 71.8 Å². The van der Waals surface area contributed by atoms with Crippen LogP contribution in [0.2, 0.25) is 0 Å². The highest BCUT2D eigenvalue weighted by molar-refractivity contribution is 5.96. The standard InChI is InChI=1S/C27H24N6O3/c1-17(32-26(35)24-25(28)31-15-14-30-24)22-16-20-9-6-8-19(10-7-13-29-18(2)34)23(20)27(36)33(22)21-11-4-3-5-12-21/h3-6,8-9,11-12,14-17H,13H2,1-2H3,(H2,28,31)(H,29,34)(H,32,35). The van der Waals surface area contributed by atoms with Crippen LogP contribution in [0.1, 0.15) is 41.6 Å². The highest BCUT2D eigenvalue weighted by Gasteiger charge is 2.21. The van der Waals surface area contributed by atoms with Gasteiger partial charge in [-0.15, -0.1) is 0 Å². The van der Waals surface area contributed by atoms with Crippen molar-refractivity contribution in [3.63, 3.8) is 0 Å². The Bertz CT molecular complexity index is 1570. The van der Waals surface area contributed by atoms with Crippen LogP contribution in [-0.2, 0) is 4.79 Å². The third-order valence-electron chi connectivity index (χ3n) is 5.47. The maximum Gasteiger partial charge on any atom is 0.274 e. The molecule has 180 valence electrons. The number of hydrogen-bond acceptors (Lipinski definition) is 6. The minimum atomic E-state index is -0.578. The van der Waals surface area contributed by atoms with E-state index in [1.165, 1.54) is 19.3 Å². The summed E-state index contributed by atoms with van der Waals surface area (Å²) in [5.74, 6) is 5.21. The molecular formula is C27H24N6O3. The molecule has 4 aromatic rings. The summed E-state index contributed by atoms with van der Waals surface area (Å²) in [5, 5.41) is 6.61.